The molecule has 0 bridgehead atoms. The molecule has 2 aromatic rings. The number of carbonyl (C=O) groups excluding carboxylic acids is 2. The van der Waals surface area contributed by atoms with E-state index in [4.69, 9.17) is 0 Å². The van der Waals surface area contributed by atoms with E-state index in [2.05, 4.69) is 10.3 Å². The third-order valence-corrected chi connectivity index (χ3v) is 5.38. The summed E-state index contributed by atoms with van der Waals surface area (Å²) in [7, 11) is 0. The molecule has 1 aliphatic rings. The highest BCUT2D eigenvalue weighted by atomic mass is 32.1. The summed E-state index contributed by atoms with van der Waals surface area (Å²) < 4.78 is 13.8. The van der Waals surface area contributed by atoms with Crippen molar-refractivity contribution in [3.8, 4) is 0 Å². The maximum Gasteiger partial charge on any atom is 0.256 e. The van der Waals surface area contributed by atoms with Crippen molar-refractivity contribution in [3.05, 3.63) is 51.7 Å². The number of benzene rings is 1. The average molecular weight is 361 g/mol. The van der Waals surface area contributed by atoms with Gasteiger partial charge >= 0.3 is 0 Å². The van der Waals surface area contributed by atoms with Gasteiger partial charge in [-0.15, -0.1) is 11.3 Å². The fourth-order valence-electron chi connectivity index (χ4n) is 2.94. The van der Waals surface area contributed by atoms with Gasteiger partial charge in [0.1, 0.15) is 5.82 Å². The van der Waals surface area contributed by atoms with Crippen LogP contribution in [0.1, 0.15) is 46.7 Å². The Morgan fingerprint density at radius 3 is 2.72 bits per heavy atom. The quantitative estimate of drug-likeness (QED) is 0.911. The van der Waals surface area contributed by atoms with Gasteiger partial charge in [0.25, 0.3) is 5.91 Å². The van der Waals surface area contributed by atoms with Crippen LogP contribution in [0.3, 0.4) is 0 Å². The van der Waals surface area contributed by atoms with Crippen molar-refractivity contribution in [2.24, 2.45) is 0 Å². The lowest BCUT2D eigenvalue weighted by molar-refractivity contribution is -0.119. The first-order chi connectivity index (χ1) is 12.0. The molecular formula is C18H20FN3O2S. The third kappa shape index (κ3) is 4.22. The van der Waals surface area contributed by atoms with Crippen molar-refractivity contribution in [2.75, 3.05) is 13.1 Å². The topological polar surface area (TPSA) is 62.3 Å². The standard InChI is InChI=1S/C18H20FN3O2S/c1-12(23)20-10-14-11-25-17(21-14)13-6-8-22(9-7-13)18(24)15-4-2-3-5-16(15)19/h2-5,11,13H,6-10H2,1H3,(H,20,23). The number of carbonyl (C=O) groups is 2. The van der Waals surface area contributed by atoms with Crippen LogP contribution in [0.2, 0.25) is 0 Å². The first kappa shape index (κ1) is 17.5. The van der Waals surface area contributed by atoms with E-state index in [0.717, 1.165) is 23.5 Å². The van der Waals surface area contributed by atoms with Crippen molar-refractivity contribution in [2.45, 2.75) is 32.2 Å². The van der Waals surface area contributed by atoms with Gasteiger partial charge in [0.05, 0.1) is 22.8 Å². The van der Waals surface area contributed by atoms with Crippen LogP contribution in [0.5, 0.6) is 0 Å². The zero-order chi connectivity index (χ0) is 17.8. The van der Waals surface area contributed by atoms with Gasteiger partial charge in [0.15, 0.2) is 0 Å². The molecule has 0 saturated carbocycles. The van der Waals surface area contributed by atoms with Crippen LogP contribution >= 0.6 is 11.3 Å². The van der Waals surface area contributed by atoms with Gasteiger partial charge in [-0.1, -0.05) is 12.1 Å². The van der Waals surface area contributed by atoms with Gasteiger partial charge in [-0.2, -0.15) is 0 Å². The van der Waals surface area contributed by atoms with Crippen molar-refractivity contribution < 1.29 is 14.0 Å². The van der Waals surface area contributed by atoms with E-state index in [9.17, 15) is 14.0 Å². The summed E-state index contributed by atoms with van der Waals surface area (Å²) in [6.45, 7) is 3.11. The Hall–Kier alpha value is -2.28. The highest BCUT2D eigenvalue weighted by Gasteiger charge is 2.27. The SMILES string of the molecule is CC(=O)NCc1csc(C2CCN(C(=O)c3ccccc3F)CC2)n1. The van der Waals surface area contributed by atoms with Gasteiger partial charge in [0, 0.05) is 31.3 Å². The Bertz CT molecular complexity index is 769. The normalized spacial score (nSPS) is 15.2. The molecule has 132 valence electrons. The number of thiazole rings is 1. The number of amides is 2. The summed E-state index contributed by atoms with van der Waals surface area (Å²) in [5.74, 6) is -0.491. The number of hydrogen-bond acceptors (Lipinski definition) is 4. The molecular weight excluding hydrogens is 341 g/mol. The third-order valence-electron chi connectivity index (χ3n) is 4.32. The second-order valence-corrected chi connectivity index (χ2v) is 7.02. The molecule has 2 heterocycles. The van der Waals surface area contributed by atoms with Crippen LogP contribution in [-0.4, -0.2) is 34.8 Å². The van der Waals surface area contributed by atoms with E-state index in [-0.39, 0.29) is 17.4 Å². The highest BCUT2D eigenvalue weighted by Crippen LogP contribution is 2.31. The largest absolute Gasteiger partial charge is 0.351 e. The fourth-order valence-corrected chi connectivity index (χ4v) is 3.93. The molecule has 1 saturated heterocycles. The molecule has 25 heavy (non-hydrogen) atoms. The lowest BCUT2D eigenvalue weighted by Gasteiger charge is -2.31. The molecule has 0 spiro atoms. The summed E-state index contributed by atoms with van der Waals surface area (Å²) in [6.07, 6.45) is 1.63. The molecule has 0 unspecified atom stereocenters. The number of nitrogens with one attached hydrogen (secondary N) is 1. The van der Waals surface area contributed by atoms with Gasteiger partial charge in [-0.3, -0.25) is 9.59 Å². The number of hydrogen-bond donors (Lipinski definition) is 1. The molecule has 5 nitrogen and oxygen atoms in total. The molecule has 1 N–H and O–H groups in total. The first-order valence-corrected chi connectivity index (χ1v) is 9.15. The van der Waals surface area contributed by atoms with Crippen molar-refractivity contribution in [1.29, 1.82) is 0 Å². The Morgan fingerprint density at radius 2 is 2.04 bits per heavy atom. The molecule has 1 fully saturated rings. The monoisotopic (exact) mass is 361 g/mol. The minimum absolute atomic E-state index is 0.0745. The minimum Gasteiger partial charge on any atom is -0.351 e. The zero-order valence-electron chi connectivity index (χ0n) is 14.0. The number of piperidine rings is 1. The Morgan fingerprint density at radius 1 is 1.32 bits per heavy atom. The predicted molar refractivity (Wildman–Crippen MR) is 93.9 cm³/mol. The van der Waals surface area contributed by atoms with E-state index in [0.29, 0.717) is 25.6 Å². The van der Waals surface area contributed by atoms with Gasteiger partial charge in [-0.25, -0.2) is 9.37 Å². The molecule has 1 aromatic carbocycles. The minimum atomic E-state index is -0.475. The van der Waals surface area contributed by atoms with Crippen LogP contribution in [0.25, 0.3) is 0 Å². The van der Waals surface area contributed by atoms with Gasteiger partial charge < -0.3 is 10.2 Å². The van der Waals surface area contributed by atoms with E-state index in [1.54, 1.807) is 28.4 Å². The second kappa shape index (κ2) is 7.74. The highest BCUT2D eigenvalue weighted by molar-refractivity contribution is 7.09. The maximum absolute atomic E-state index is 13.8. The lowest BCUT2D eigenvalue weighted by Crippen LogP contribution is -2.38. The van der Waals surface area contributed by atoms with Crippen LogP contribution in [-0.2, 0) is 11.3 Å². The molecule has 0 aliphatic carbocycles. The van der Waals surface area contributed by atoms with Crippen LogP contribution in [0.15, 0.2) is 29.6 Å². The number of likely N-dealkylation sites (tertiary alicyclic amines) is 1. The predicted octanol–water partition coefficient (Wildman–Crippen LogP) is 2.94. The summed E-state index contributed by atoms with van der Waals surface area (Å²) in [6, 6.07) is 6.10. The average Bonchev–Trinajstić information content (AvgIpc) is 3.09. The summed E-state index contributed by atoms with van der Waals surface area (Å²) in [5.41, 5.74) is 0.993. The molecule has 1 aliphatic heterocycles. The molecule has 1 aromatic heterocycles. The zero-order valence-corrected chi connectivity index (χ0v) is 14.8. The summed E-state index contributed by atoms with van der Waals surface area (Å²) in [4.78, 5) is 29.7. The molecule has 0 radical (unpaired) electrons. The molecule has 7 heteroatoms. The fraction of sp³-hybridized carbons (Fsp3) is 0.389. The Kier molecular flexibility index (Phi) is 5.43. The number of aromatic nitrogens is 1. The molecule has 3 rings (SSSR count). The van der Waals surface area contributed by atoms with Gasteiger partial charge in [-0.05, 0) is 25.0 Å². The molecule has 2 amide bonds. The van der Waals surface area contributed by atoms with Crippen molar-refractivity contribution in [1.82, 2.24) is 15.2 Å². The summed E-state index contributed by atoms with van der Waals surface area (Å²) >= 11 is 1.59. The first-order valence-electron chi connectivity index (χ1n) is 8.27. The Balaban J connectivity index is 1.58. The summed E-state index contributed by atoms with van der Waals surface area (Å²) in [5, 5.41) is 5.74. The van der Waals surface area contributed by atoms with E-state index in [1.165, 1.54) is 19.1 Å². The van der Waals surface area contributed by atoms with E-state index < -0.39 is 5.82 Å². The van der Waals surface area contributed by atoms with E-state index in [1.807, 2.05) is 5.38 Å². The Labute approximate surface area is 149 Å². The van der Waals surface area contributed by atoms with Crippen LogP contribution in [0.4, 0.5) is 4.39 Å². The maximum atomic E-state index is 13.8. The van der Waals surface area contributed by atoms with Crippen LogP contribution in [0, 0.1) is 5.82 Å². The smallest absolute Gasteiger partial charge is 0.256 e. The number of nitrogens with zero attached hydrogens (tertiary/aromatic N) is 2. The van der Waals surface area contributed by atoms with E-state index >= 15 is 0 Å². The van der Waals surface area contributed by atoms with Crippen molar-refractivity contribution >= 4 is 23.2 Å². The van der Waals surface area contributed by atoms with Crippen LogP contribution < -0.4 is 5.32 Å². The number of halogens is 1. The van der Waals surface area contributed by atoms with Gasteiger partial charge in [0.2, 0.25) is 5.91 Å². The lowest BCUT2D eigenvalue weighted by atomic mass is 9.97. The number of rotatable bonds is 4. The second-order valence-electron chi connectivity index (χ2n) is 6.13. The van der Waals surface area contributed by atoms with Crippen molar-refractivity contribution in [3.63, 3.8) is 0 Å². The molecule has 0 atom stereocenters.